The third-order valence-corrected chi connectivity index (χ3v) is 3.29. The zero-order valence-electron chi connectivity index (χ0n) is 13.4. The molecular formula is C19H16N2O3. The average molecular weight is 320 g/mol. The van der Waals surface area contributed by atoms with Gasteiger partial charge in [0.25, 0.3) is 0 Å². The summed E-state index contributed by atoms with van der Waals surface area (Å²) in [5.74, 6) is 2.06. The van der Waals surface area contributed by atoms with Crippen molar-refractivity contribution in [2.24, 2.45) is 0 Å². The Hall–Kier alpha value is -3.44. The normalized spacial score (nSPS) is 9.33. The monoisotopic (exact) mass is 320 g/mol. The van der Waals surface area contributed by atoms with Gasteiger partial charge in [-0.25, -0.2) is 0 Å². The van der Waals surface area contributed by atoms with Crippen LogP contribution in [0.15, 0.2) is 48.0 Å². The average Bonchev–Trinajstić information content (AvgIpc) is 2.64. The minimum absolute atomic E-state index is 0.0415. The zero-order valence-corrected chi connectivity index (χ0v) is 13.4. The number of nitriles is 2. The summed E-state index contributed by atoms with van der Waals surface area (Å²) in [6.45, 7) is 0.284. The molecule has 0 fully saturated rings. The second-order valence-corrected chi connectivity index (χ2v) is 4.82. The summed E-state index contributed by atoms with van der Waals surface area (Å²) in [6.07, 6.45) is 1.52. The largest absolute Gasteiger partial charge is 0.497 e. The van der Waals surface area contributed by atoms with Crippen LogP contribution >= 0.6 is 0 Å². The summed E-state index contributed by atoms with van der Waals surface area (Å²) in [6, 6.07) is 16.4. The van der Waals surface area contributed by atoms with Gasteiger partial charge in [-0.1, -0.05) is 12.1 Å². The molecule has 0 aliphatic rings. The van der Waals surface area contributed by atoms with Crippen molar-refractivity contribution in [1.82, 2.24) is 0 Å². The summed E-state index contributed by atoms with van der Waals surface area (Å²) in [5, 5.41) is 17.7. The van der Waals surface area contributed by atoms with Crippen LogP contribution in [0.2, 0.25) is 0 Å². The zero-order chi connectivity index (χ0) is 17.4. The molecule has 0 amide bonds. The SMILES string of the molecule is COc1cccc(OCc2cc(C=C(C#N)C#N)ccc2OC)c1. The molecule has 0 aromatic heterocycles. The molecule has 5 heteroatoms. The van der Waals surface area contributed by atoms with Gasteiger partial charge in [0.15, 0.2) is 0 Å². The summed E-state index contributed by atoms with van der Waals surface area (Å²) in [5.41, 5.74) is 1.59. The van der Waals surface area contributed by atoms with Crippen LogP contribution in [0.1, 0.15) is 11.1 Å². The van der Waals surface area contributed by atoms with Gasteiger partial charge in [-0.3, -0.25) is 0 Å². The quantitative estimate of drug-likeness (QED) is 0.758. The first-order valence-electron chi connectivity index (χ1n) is 7.16. The number of ether oxygens (including phenoxy) is 3. The molecule has 0 saturated heterocycles. The van der Waals surface area contributed by atoms with Crippen molar-refractivity contribution in [2.45, 2.75) is 6.61 Å². The van der Waals surface area contributed by atoms with Gasteiger partial charge in [0, 0.05) is 11.6 Å². The number of nitrogens with zero attached hydrogens (tertiary/aromatic N) is 2. The van der Waals surface area contributed by atoms with Crippen molar-refractivity contribution in [3.8, 4) is 29.4 Å². The van der Waals surface area contributed by atoms with E-state index in [2.05, 4.69) is 0 Å². The highest BCUT2D eigenvalue weighted by molar-refractivity contribution is 5.63. The van der Waals surface area contributed by atoms with Gasteiger partial charge >= 0.3 is 0 Å². The second-order valence-electron chi connectivity index (χ2n) is 4.82. The highest BCUT2D eigenvalue weighted by Crippen LogP contribution is 2.25. The third kappa shape index (κ3) is 4.28. The molecule has 0 atom stereocenters. The molecule has 0 bridgehead atoms. The number of rotatable bonds is 6. The Morgan fingerprint density at radius 1 is 1.00 bits per heavy atom. The van der Waals surface area contributed by atoms with Crippen molar-refractivity contribution in [1.29, 1.82) is 10.5 Å². The first kappa shape index (κ1) is 16.9. The predicted molar refractivity (Wildman–Crippen MR) is 89.5 cm³/mol. The van der Waals surface area contributed by atoms with Gasteiger partial charge in [0.2, 0.25) is 0 Å². The molecular weight excluding hydrogens is 304 g/mol. The van der Waals surface area contributed by atoms with Crippen LogP contribution in [-0.4, -0.2) is 14.2 Å². The standard InChI is InChI=1S/C19H16N2O3/c1-22-17-4-3-5-18(10-17)24-13-16-9-14(6-7-19(16)23-2)8-15(11-20)12-21/h3-10H,13H2,1-2H3. The summed E-state index contributed by atoms with van der Waals surface area (Å²) >= 11 is 0. The van der Waals surface area contributed by atoms with E-state index in [1.54, 1.807) is 32.4 Å². The van der Waals surface area contributed by atoms with Gasteiger partial charge in [0.1, 0.15) is 41.6 Å². The number of methoxy groups -OCH3 is 2. The first-order chi connectivity index (χ1) is 11.7. The van der Waals surface area contributed by atoms with E-state index in [0.29, 0.717) is 17.2 Å². The van der Waals surface area contributed by atoms with Gasteiger partial charge in [0.05, 0.1) is 14.2 Å². The lowest BCUT2D eigenvalue weighted by Crippen LogP contribution is -1.99. The van der Waals surface area contributed by atoms with Crippen LogP contribution < -0.4 is 14.2 Å². The molecule has 0 unspecified atom stereocenters. The van der Waals surface area contributed by atoms with E-state index < -0.39 is 0 Å². The molecule has 24 heavy (non-hydrogen) atoms. The maximum absolute atomic E-state index is 8.86. The number of allylic oxidation sites excluding steroid dienone is 1. The fourth-order valence-electron chi connectivity index (χ4n) is 2.11. The maximum Gasteiger partial charge on any atom is 0.130 e. The Balaban J connectivity index is 2.23. The van der Waals surface area contributed by atoms with E-state index in [1.165, 1.54) is 6.08 Å². The highest BCUT2D eigenvalue weighted by Gasteiger charge is 2.06. The predicted octanol–water partition coefficient (Wildman–Crippen LogP) is 3.71. The summed E-state index contributed by atoms with van der Waals surface area (Å²) < 4.78 is 16.3. The summed E-state index contributed by atoms with van der Waals surface area (Å²) in [4.78, 5) is 0. The van der Waals surface area contributed by atoms with E-state index in [9.17, 15) is 0 Å². The molecule has 0 N–H and O–H groups in total. The van der Waals surface area contributed by atoms with Crippen LogP contribution in [-0.2, 0) is 6.61 Å². The molecule has 0 spiro atoms. The van der Waals surface area contributed by atoms with Crippen molar-refractivity contribution in [3.63, 3.8) is 0 Å². The number of hydrogen-bond acceptors (Lipinski definition) is 5. The van der Waals surface area contributed by atoms with Crippen molar-refractivity contribution in [3.05, 3.63) is 59.2 Å². The lowest BCUT2D eigenvalue weighted by Gasteiger charge is -2.12. The van der Waals surface area contributed by atoms with Crippen molar-refractivity contribution < 1.29 is 14.2 Å². The van der Waals surface area contributed by atoms with Crippen LogP contribution in [0, 0.1) is 22.7 Å². The third-order valence-electron chi connectivity index (χ3n) is 3.29. The Kier molecular flexibility index (Phi) is 5.82. The molecule has 0 heterocycles. The molecule has 0 aliphatic heterocycles. The molecule has 2 aromatic carbocycles. The topological polar surface area (TPSA) is 75.3 Å². The summed E-state index contributed by atoms with van der Waals surface area (Å²) in [7, 11) is 3.18. The fraction of sp³-hybridized carbons (Fsp3) is 0.158. The lowest BCUT2D eigenvalue weighted by atomic mass is 10.1. The van der Waals surface area contributed by atoms with Gasteiger partial charge in [-0.05, 0) is 35.9 Å². The Bertz CT molecular complexity index is 813. The molecule has 2 rings (SSSR count). The van der Waals surface area contributed by atoms with E-state index in [-0.39, 0.29) is 12.2 Å². The van der Waals surface area contributed by atoms with Gasteiger partial charge in [-0.2, -0.15) is 10.5 Å². The van der Waals surface area contributed by atoms with Crippen LogP contribution in [0.4, 0.5) is 0 Å². The minimum atomic E-state index is 0.0415. The number of hydrogen-bond donors (Lipinski definition) is 0. The maximum atomic E-state index is 8.86. The van der Waals surface area contributed by atoms with Crippen molar-refractivity contribution >= 4 is 6.08 Å². The Morgan fingerprint density at radius 2 is 1.75 bits per heavy atom. The Morgan fingerprint density at radius 3 is 2.42 bits per heavy atom. The molecule has 0 radical (unpaired) electrons. The highest BCUT2D eigenvalue weighted by atomic mass is 16.5. The van der Waals surface area contributed by atoms with Crippen LogP contribution in [0.5, 0.6) is 17.2 Å². The van der Waals surface area contributed by atoms with Crippen LogP contribution in [0.25, 0.3) is 6.08 Å². The van der Waals surface area contributed by atoms with E-state index in [4.69, 9.17) is 24.7 Å². The van der Waals surface area contributed by atoms with E-state index >= 15 is 0 Å². The molecule has 2 aromatic rings. The lowest BCUT2D eigenvalue weighted by molar-refractivity contribution is 0.294. The minimum Gasteiger partial charge on any atom is -0.497 e. The molecule has 0 aliphatic carbocycles. The first-order valence-corrected chi connectivity index (χ1v) is 7.16. The second kappa shape index (κ2) is 8.26. The smallest absolute Gasteiger partial charge is 0.130 e. The molecule has 0 saturated carbocycles. The molecule has 5 nitrogen and oxygen atoms in total. The van der Waals surface area contributed by atoms with E-state index in [1.807, 2.05) is 36.4 Å². The van der Waals surface area contributed by atoms with Gasteiger partial charge in [-0.15, -0.1) is 0 Å². The number of benzene rings is 2. The van der Waals surface area contributed by atoms with Gasteiger partial charge < -0.3 is 14.2 Å². The van der Waals surface area contributed by atoms with Crippen molar-refractivity contribution in [2.75, 3.05) is 14.2 Å². The Labute approximate surface area is 140 Å². The van der Waals surface area contributed by atoms with E-state index in [0.717, 1.165) is 11.1 Å². The molecule has 120 valence electrons. The fourth-order valence-corrected chi connectivity index (χ4v) is 2.11. The van der Waals surface area contributed by atoms with Crippen LogP contribution in [0.3, 0.4) is 0 Å².